The summed E-state index contributed by atoms with van der Waals surface area (Å²) >= 11 is 0. The molecule has 0 saturated heterocycles. The molecule has 2 N–H and O–H groups in total. The van der Waals surface area contributed by atoms with Crippen molar-refractivity contribution in [1.82, 2.24) is 5.32 Å². The van der Waals surface area contributed by atoms with E-state index >= 15 is 0 Å². The Hall–Kier alpha value is -1.92. The lowest BCUT2D eigenvalue weighted by Gasteiger charge is -2.11. The van der Waals surface area contributed by atoms with Gasteiger partial charge in [-0.2, -0.15) is 0 Å². The van der Waals surface area contributed by atoms with E-state index in [1.54, 1.807) is 19.2 Å². The van der Waals surface area contributed by atoms with Gasteiger partial charge in [-0.1, -0.05) is 12.1 Å². The fraction of sp³-hybridized carbons (Fsp3) is 0.200. The molecule has 2 rings (SSSR count). The molecule has 0 heterocycles. The first kappa shape index (κ1) is 15.5. The van der Waals surface area contributed by atoms with E-state index in [2.05, 4.69) is 10.0 Å². The number of nitrogens with one attached hydrogen (secondary N) is 2. The van der Waals surface area contributed by atoms with Crippen LogP contribution in [0.3, 0.4) is 0 Å². The molecule has 0 fully saturated rings. The number of hydrogen-bond donors (Lipinski definition) is 2. The summed E-state index contributed by atoms with van der Waals surface area (Å²) in [5.74, 6) is -0.491. The summed E-state index contributed by atoms with van der Waals surface area (Å²) < 4.78 is 40.1. The number of hydrogen-bond acceptors (Lipinski definition) is 3. The summed E-state index contributed by atoms with van der Waals surface area (Å²) in [6, 6.07) is 10.3. The van der Waals surface area contributed by atoms with Crippen LogP contribution in [0.5, 0.6) is 0 Å². The molecular weight excluding hydrogens is 291 g/mol. The number of benzene rings is 2. The molecule has 0 saturated carbocycles. The fourth-order valence-electron chi connectivity index (χ4n) is 1.96. The van der Waals surface area contributed by atoms with Gasteiger partial charge < -0.3 is 5.32 Å². The molecule has 0 aliphatic rings. The highest BCUT2D eigenvalue weighted by molar-refractivity contribution is 7.92. The summed E-state index contributed by atoms with van der Waals surface area (Å²) in [6.45, 7) is 2.50. The van der Waals surface area contributed by atoms with Crippen LogP contribution in [0.25, 0.3) is 0 Å². The van der Waals surface area contributed by atoms with Gasteiger partial charge in [-0.3, -0.25) is 4.72 Å². The van der Waals surface area contributed by atoms with Gasteiger partial charge in [-0.15, -0.1) is 0 Å². The predicted molar refractivity (Wildman–Crippen MR) is 81.2 cm³/mol. The van der Waals surface area contributed by atoms with E-state index in [1.165, 1.54) is 24.3 Å². The molecule has 2 aromatic carbocycles. The number of sulfonamides is 1. The van der Waals surface area contributed by atoms with E-state index in [1.807, 2.05) is 6.92 Å². The summed E-state index contributed by atoms with van der Waals surface area (Å²) in [7, 11) is -1.93. The monoisotopic (exact) mass is 308 g/mol. The SMILES string of the molecule is CNCc1cc(S(=O)(=O)Nc2cccc(F)c2)ccc1C. The van der Waals surface area contributed by atoms with Gasteiger partial charge in [0.1, 0.15) is 5.82 Å². The van der Waals surface area contributed by atoms with Gasteiger partial charge >= 0.3 is 0 Å². The average Bonchev–Trinajstić information content (AvgIpc) is 2.41. The molecule has 0 aliphatic carbocycles. The maximum absolute atomic E-state index is 13.1. The van der Waals surface area contributed by atoms with Crippen molar-refractivity contribution in [2.45, 2.75) is 18.4 Å². The highest BCUT2D eigenvalue weighted by atomic mass is 32.2. The van der Waals surface area contributed by atoms with Crippen molar-refractivity contribution in [3.63, 3.8) is 0 Å². The highest BCUT2D eigenvalue weighted by Crippen LogP contribution is 2.19. The summed E-state index contributed by atoms with van der Waals surface area (Å²) in [5, 5.41) is 3.00. The van der Waals surface area contributed by atoms with Crippen molar-refractivity contribution in [2.24, 2.45) is 0 Å². The Bertz CT molecular complexity index is 745. The highest BCUT2D eigenvalue weighted by Gasteiger charge is 2.15. The zero-order valence-electron chi connectivity index (χ0n) is 11.9. The van der Waals surface area contributed by atoms with Crippen LogP contribution in [0.4, 0.5) is 10.1 Å². The van der Waals surface area contributed by atoms with Crippen LogP contribution in [0.2, 0.25) is 0 Å². The Kier molecular flexibility index (Phi) is 4.59. The zero-order valence-corrected chi connectivity index (χ0v) is 12.7. The first-order chi connectivity index (χ1) is 9.92. The first-order valence-corrected chi connectivity index (χ1v) is 7.93. The minimum Gasteiger partial charge on any atom is -0.316 e. The molecule has 0 amide bonds. The van der Waals surface area contributed by atoms with Crippen LogP contribution in [-0.2, 0) is 16.6 Å². The second-order valence-corrected chi connectivity index (χ2v) is 6.42. The maximum Gasteiger partial charge on any atom is 0.261 e. The van der Waals surface area contributed by atoms with Gasteiger partial charge in [-0.25, -0.2) is 12.8 Å². The van der Waals surface area contributed by atoms with Gasteiger partial charge in [0, 0.05) is 6.54 Å². The summed E-state index contributed by atoms with van der Waals surface area (Å²) in [6.07, 6.45) is 0. The standard InChI is InChI=1S/C15H17FN2O2S/c1-11-6-7-15(8-12(11)10-17-2)21(19,20)18-14-5-3-4-13(16)9-14/h3-9,17-18H,10H2,1-2H3. The molecule has 0 atom stereocenters. The topological polar surface area (TPSA) is 58.2 Å². The molecule has 6 heteroatoms. The minimum atomic E-state index is -3.73. The van der Waals surface area contributed by atoms with E-state index < -0.39 is 15.8 Å². The van der Waals surface area contributed by atoms with Crippen LogP contribution < -0.4 is 10.0 Å². The van der Waals surface area contributed by atoms with Gasteiger partial charge in [0.2, 0.25) is 0 Å². The molecule has 112 valence electrons. The fourth-order valence-corrected chi connectivity index (χ4v) is 3.06. The molecule has 0 aliphatic heterocycles. The molecule has 0 spiro atoms. The molecule has 0 unspecified atom stereocenters. The quantitative estimate of drug-likeness (QED) is 0.893. The molecule has 2 aromatic rings. The van der Waals surface area contributed by atoms with Crippen LogP contribution in [0.1, 0.15) is 11.1 Å². The largest absolute Gasteiger partial charge is 0.316 e. The van der Waals surface area contributed by atoms with Crippen molar-refractivity contribution in [1.29, 1.82) is 0 Å². The Morgan fingerprint density at radius 1 is 1.14 bits per heavy atom. The Morgan fingerprint density at radius 2 is 1.90 bits per heavy atom. The third-order valence-corrected chi connectivity index (χ3v) is 4.45. The second-order valence-electron chi connectivity index (χ2n) is 4.73. The van der Waals surface area contributed by atoms with Gasteiger partial charge in [-0.05, 0) is 55.4 Å². The van der Waals surface area contributed by atoms with Crippen molar-refractivity contribution in [2.75, 3.05) is 11.8 Å². The van der Waals surface area contributed by atoms with E-state index in [4.69, 9.17) is 0 Å². The van der Waals surface area contributed by atoms with Crippen LogP contribution in [-0.4, -0.2) is 15.5 Å². The number of halogens is 1. The Balaban J connectivity index is 2.33. The molecule has 0 radical (unpaired) electrons. The van der Waals surface area contributed by atoms with Gasteiger partial charge in [0.05, 0.1) is 10.6 Å². The van der Waals surface area contributed by atoms with Crippen molar-refractivity contribution < 1.29 is 12.8 Å². The van der Waals surface area contributed by atoms with Gasteiger partial charge in [0.25, 0.3) is 10.0 Å². The smallest absolute Gasteiger partial charge is 0.261 e. The Morgan fingerprint density at radius 3 is 2.57 bits per heavy atom. The average molecular weight is 308 g/mol. The lowest BCUT2D eigenvalue weighted by Crippen LogP contribution is -2.14. The zero-order chi connectivity index (χ0) is 15.5. The minimum absolute atomic E-state index is 0.155. The van der Waals surface area contributed by atoms with Crippen LogP contribution in [0.15, 0.2) is 47.4 Å². The maximum atomic E-state index is 13.1. The normalized spacial score (nSPS) is 11.4. The van der Waals surface area contributed by atoms with E-state index in [0.717, 1.165) is 17.2 Å². The lowest BCUT2D eigenvalue weighted by molar-refractivity contribution is 0.600. The Labute approximate surface area is 124 Å². The van der Waals surface area contributed by atoms with Crippen molar-refractivity contribution in [3.8, 4) is 0 Å². The number of anilines is 1. The summed E-state index contributed by atoms with van der Waals surface area (Å²) in [5.41, 5.74) is 2.11. The van der Waals surface area contributed by atoms with E-state index in [0.29, 0.717) is 6.54 Å². The van der Waals surface area contributed by atoms with Crippen molar-refractivity contribution in [3.05, 3.63) is 59.4 Å². The number of rotatable bonds is 5. The molecular formula is C15H17FN2O2S. The van der Waals surface area contributed by atoms with E-state index in [-0.39, 0.29) is 10.6 Å². The molecule has 4 nitrogen and oxygen atoms in total. The van der Waals surface area contributed by atoms with Gasteiger partial charge in [0.15, 0.2) is 0 Å². The third kappa shape index (κ3) is 3.80. The predicted octanol–water partition coefficient (Wildman–Crippen LogP) is 2.65. The van der Waals surface area contributed by atoms with E-state index in [9.17, 15) is 12.8 Å². The summed E-state index contributed by atoms with van der Waals surface area (Å²) in [4.78, 5) is 0.155. The van der Waals surface area contributed by atoms with Crippen molar-refractivity contribution >= 4 is 15.7 Å². The lowest BCUT2D eigenvalue weighted by atomic mass is 10.1. The number of aryl methyl sites for hydroxylation is 1. The first-order valence-electron chi connectivity index (χ1n) is 6.45. The van der Waals surface area contributed by atoms with Crippen LogP contribution in [0, 0.1) is 12.7 Å². The molecule has 0 bridgehead atoms. The van der Waals surface area contributed by atoms with Crippen LogP contribution >= 0.6 is 0 Å². The molecule has 0 aromatic heterocycles. The third-order valence-electron chi connectivity index (χ3n) is 3.07. The second kappa shape index (κ2) is 6.24. The molecule has 21 heavy (non-hydrogen) atoms.